The Kier molecular flexibility index (Phi) is 6.16. The van der Waals surface area contributed by atoms with Crippen molar-refractivity contribution in [1.29, 1.82) is 0 Å². The van der Waals surface area contributed by atoms with E-state index in [1.807, 2.05) is 35.2 Å². The van der Waals surface area contributed by atoms with Gasteiger partial charge in [0.2, 0.25) is 0 Å². The van der Waals surface area contributed by atoms with Crippen LogP contribution in [0.3, 0.4) is 0 Å². The quantitative estimate of drug-likeness (QED) is 0.743. The first kappa shape index (κ1) is 19.4. The van der Waals surface area contributed by atoms with Gasteiger partial charge in [-0.05, 0) is 58.2 Å². The second kappa shape index (κ2) is 8.57. The highest BCUT2D eigenvalue weighted by Crippen LogP contribution is 2.24. The number of carbonyl (C=O) groups is 2. The lowest BCUT2D eigenvalue weighted by Gasteiger charge is -2.35. The second-order valence-corrected chi connectivity index (χ2v) is 7.33. The fourth-order valence-corrected chi connectivity index (χ4v) is 3.56. The van der Waals surface area contributed by atoms with E-state index >= 15 is 0 Å². The summed E-state index contributed by atoms with van der Waals surface area (Å²) in [5, 5.41) is 0. The molecule has 1 aliphatic rings. The van der Waals surface area contributed by atoms with Crippen molar-refractivity contribution in [1.82, 2.24) is 9.80 Å². The fraction of sp³-hybridized carbons (Fsp3) is 0.333. The number of nitrogens with zero attached hydrogens (tertiary/aromatic N) is 2. The van der Waals surface area contributed by atoms with E-state index in [1.165, 1.54) is 5.56 Å². The molecule has 3 rings (SSSR count). The number of aryl methyl sites for hydroxylation is 1. The number of methoxy groups -OCH3 is 1. The maximum Gasteiger partial charge on any atom is 0.255 e. The lowest BCUT2D eigenvalue weighted by Crippen LogP contribution is -2.50. The first-order chi connectivity index (χ1) is 13.0. The Morgan fingerprint density at radius 2 is 1.56 bits per heavy atom. The molecule has 2 aromatic carbocycles. The molecule has 1 aliphatic heterocycles. The number of rotatable bonds is 4. The Bertz CT molecular complexity index is 828. The number of ether oxygens (including phenoxy) is 1. The lowest BCUT2D eigenvalue weighted by atomic mass is 10.1. The zero-order chi connectivity index (χ0) is 19.4. The summed E-state index contributed by atoms with van der Waals surface area (Å²) < 4.78 is 5.96. The van der Waals surface area contributed by atoms with E-state index in [-0.39, 0.29) is 11.8 Å². The van der Waals surface area contributed by atoms with Gasteiger partial charge in [-0.25, -0.2) is 0 Å². The molecule has 0 atom stereocenters. The van der Waals surface area contributed by atoms with Crippen molar-refractivity contribution < 1.29 is 14.3 Å². The molecular formula is C21H23BrN2O3. The van der Waals surface area contributed by atoms with Gasteiger partial charge < -0.3 is 14.5 Å². The summed E-state index contributed by atoms with van der Waals surface area (Å²) in [6, 6.07) is 13.1. The molecule has 0 unspecified atom stereocenters. The third-order valence-electron chi connectivity index (χ3n) is 4.87. The Labute approximate surface area is 168 Å². The van der Waals surface area contributed by atoms with Crippen LogP contribution in [0.5, 0.6) is 5.75 Å². The predicted molar refractivity (Wildman–Crippen MR) is 108 cm³/mol. The number of amides is 2. The summed E-state index contributed by atoms with van der Waals surface area (Å²) in [6.45, 7) is 4.18. The van der Waals surface area contributed by atoms with E-state index in [1.54, 1.807) is 24.1 Å². The molecule has 0 N–H and O–H groups in total. The van der Waals surface area contributed by atoms with Crippen molar-refractivity contribution >= 4 is 27.7 Å². The zero-order valence-electron chi connectivity index (χ0n) is 15.6. The minimum atomic E-state index is -0.0554. The van der Waals surface area contributed by atoms with Gasteiger partial charge >= 0.3 is 0 Å². The van der Waals surface area contributed by atoms with Crippen LogP contribution in [0.4, 0.5) is 0 Å². The molecule has 142 valence electrons. The maximum atomic E-state index is 12.8. The van der Waals surface area contributed by atoms with E-state index in [0.29, 0.717) is 43.1 Å². The van der Waals surface area contributed by atoms with Gasteiger partial charge in [-0.1, -0.05) is 19.1 Å². The van der Waals surface area contributed by atoms with Crippen molar-refractivity contribution in [2.24, 2.45) is 0 Å². The van der Waals surface area contributed by atoms with Gasteiger partial charge in [0, 0.05) is 36.2 Å². The van der Waals surface area contributed by atoms with Crippen molar-refractivity contribution in [2.75, 3.05) is 33.3 Å². The highest BCUT2D eigenvalue weighted by molar-refractivity contribution is 9.10. The fourth-order valence-electron chi connectivity index (χ4n) is 3.14. The van der Waals surface area contributed by atoms with Gasteiger partial charge in [0.25, 0.3) is 11.8 Å². The van der Waals surface area contributed by atoms with Crippen LogP contribution in [0.25, 0.3) is 0 Å². The van der Waals surface area contributed by atoms with Crippen molar-refractivity contribution in [3.05, 3.63) is 63.6 Å². The molecule has 1 saturated heterocycles. The van der Waals surface area contributed by atoms with Crippen molar-refractivity contribution in [3.8, 4) is 5.75 Å². The van der Waals surface area contributed by atoms with Crippen LogP contribution in [-0.4, -0.2) is 54.9 Å². The summed E-state index contributed by atoms with van der Waals surface area (Å²) in [6.07, 6.45) is 0.953. The van der Waals surface area contributed by atoms with Crippen LogP contribution in [0, 0.1) is 0 Å². The third-order valence-corrected chi connectivity index (χ3v) is 5.56. The average Bonchev–Trinajstić information content (AvgIpc) is 2.73. The van der Waals surface area contributed by atoms with Gasteiger partial charge in [-0.2, -0.15) is 0 Å². The largest absolute Gasteiger partial charge is 0.497 e. The number of benzene rings is 2. The molecule has 5 nitrogen and oxygen atoms in total. The van der Waals surface area contributed by atoms with E-state index in [9.17, 15) is 9.59 Å². The predicted octanol–water partition coefficient (Wildman–Crippen LogP) is 3.62. The average molecular weight is 431 g/mol. The third kappa shape index (κ3) is 4.33. The van der Waals surface area contributed by atoms with Gasteiger partial charge in [-0.3, -0.25) is 9.59 Å². The van der Waals surface area contributed by atoms with Crippen molar-refractivity contribution in [3.63, 3.8) is 0 Å². The molecule has 0 saturated carbocycles. The molecule has 27 heavy (non-hydrogen) atoms. The molecule has 2 aromatic rings. The SMILES string of the molecule is CCc1ccc(C(=O)N2CCN(C(=O)c3cc(OC)ccc3Br)CC2)cc1. The van der Waals surface area contributed by atoms with Crippen LogP contribution >= 0.6 is 15.9 Å². The standard InChI is InChI=1S/C21H23BrN2O3/c1-3-15-4-6-16(7-5-15)20(25)23-10-12-24(13-11-23)21(26)18-14-17(27-2)8-9-19(18)22/h4-9,14H,3,10-13H2,1-2H3. The number of hydrogen-bond donors (Lipinski definition) is 0. The Hall–Kier alpha value is -2.34. The molecule has 0 radical (unpaired) electrons. The second-order valence-electron chi connectivity index (χ2n) is 6.48. The van der Waals surface area contributed by atoms with Gasteiger partial charge in [-0.15, -0.1) is 0 Å². The topological polar surface area (TPSA) is 49.9 Å². The van der Waals surface area contributed by atoms with Gasteiger partial charge in [0.15, 0.2) is 0 Å². The first-order valence-corrected chi connectivity index (χ1v) is 9.83. The van der Waals surface area contributed by atoms with Crippen LogP contribution in [0.15, 0.2) is 46.9 Å². The Morgan fingerprint density at radius 3 is 2.11 bits per heavy atom. The highest BCUT2D eigenvalue weighted by Gasteiger charge is 2.26. The lowest BCUT2D eigenvalue weighted by molar-refractivity contribution is 0.0535. The zero-order valence-corrected chi connectivity index (χ0v) is 17.2. The highest BCUT2D eigenvalue weighted by atomic mass is 79.9. The Morgan fingerprint density at radius 1 is 0.963 bits per heavy atom. The molecule has 1 fully saturated rings. The normalized spacial score (nSPS) is 14.2. The number of hydrogen-bond acceptors (Lipinski definition) is 3. The summed E-state index contributed by atoms with van der Waals surface area (Å²) in [5.74, 6) is 0.610. The molecule has 0 bridgehead atoms. The van der Waals surface area contributed by atoms with Crippen LogP contribution < -0.4 is 4.74 Å². The minimum Gasteiger partial charge on any atom is -0.497 e. The van der Waals surface area contributed by atoms with E-state index < -0.39 is 0 Å². The van der Waals surface area contributed by atoms with Gasteiger partial charge in [0.1, 0.15) is 5.75 Å². The molecule has 2 amide bonds. The summed E-state index contributed by atoms with van der Waals surface area (Å²) >= 11 is 3.44. The van der Waals surface area contributed by atoms with Crippen LogP contribution in [0.1, 0.15) is 33.2 Å². The number of halogens is 1. The van der Waals surface area contributed by atoms with Gasteiger partial charge in [0.05, 0.1) is 12.7 Å². The smallest absolute Gasteiger partial charge is 0.255 e. The number of carbonyl (C=O) groups excluding carboxylic acids is 2. The molecule has 0 aromatic heterocycles. The van der Waals surface area contributed by atoms with Crippen LogP contribution in [0.2, 0.25) is 0 Å². The van der Waals surface area contributed by atoms with E-state index in [2.05, 4.69) is 22.9 Å². The van der Waals surface area contributed by atoms with E-state index in [0.717, 1.165) is 10.9 Å². The molecule has 1 heterocycles. The summed E-state index contributed by atoms with van der Waals surface area (Å²) in [5.41, 5.74) is 2.48. The molecule has 0 aliphatic carbocycles. The van der Waals surface area contributed by atoms with Crippen molar-refractivity contribution in [2.45, 2.75) is 13.3 Å². The first-order valence-electron chi connectivity index (χ1n) is 9.04. The summed E-state index contributed by atoms with van der Waals surface area (Å²) in [4.78, 5) is 29.1. The van der Waals surface area contributed by atoms with E-state index in [4.69, 9.17) is 4.74 Å². The van der Waals surface area contributed by atoms with Crippen LogP contribution in [-0.2, 0) is 6.42 Å². The minimum absolute atomic E-state index is 0.0207. The molecule has 0 spiro atoms. The molecular weight excluding hydrogens is 408 g/mol. The maximum absolute atomic E-state index is 12.8. The summed E-state index contributed by atoms with van der Waals surface area (Å²) in [7, 11) is 1.58. The Balaban J connectivity index is 1.64. The monoisotopic (exact) mass is 430 g/mol. The molecule has 6 heteroatoms. The number of piperazine rings is 1.